The van der Waals surface area contributed by atoms with Crippen LogP contribution in [-0.4, -0.2) is 16.3 Å². The predicted molar refractivity (Wildman–Crippen MR) is 67.1 cm³/mol. The molecule has 0 radical (unpaired) electrons. The first kappa shape index (κ1) is 11.7. The van der Waals surface area contributed by atoms with Crippen LogP contribution in [-0.2, 0) is 11.2 Å². The number of aromatic hydroxyl groups is 1. The van der Waals surface area contributed by atoms with Gasteiger partial charge in [0.25, 0.3) is 0 Å². The van der Waals surface area contributed by atoms with Crippen molar-refractivity contribution in [3.05, 3.63) is 34.6 Å². The van der Waals surface area contributed by atoms with E-state index in [9.17, 15) is 14.3 Å². The van der Waals surface area contributed by atoms with E-state index in [2.05, 4.69) is 0 Å². The number of fused-ring (bicyclic) bond motifs is 3. The van der Waals surface area contributed by atoms with Crippen molar-refractivity contribution >= 4 is 23.0 Å². The van der Waals surface area contributed by atoms with E-state index >= 15 is 0 Å². The molecule has 2 aliphatic carbocycles. The van der Waals surface area contributed by atoms with Gasteiger partial charge >= 0.3 is 0 Å². The Bertz CT molecular complexity index is 592. The molecule has 0 saturated carbocycles. The minimum Gasteiger partial charge on any atom is -0.505 e. The van der Waals surface area contributed by atoms with Crippen LogP contribution in [0.5, 0.6) is 5.75 Å². The molecule has 4 heteroatoms. The van der Waals surface area contributed by atoms with Crippen LogP contribution in [0.3, 0.4) is 0 Å². The van der Waals surface area contributed by atoms with Gasteiger partial charge in [0.1, 0.15) is 0 Å². The standard InChI is InChI=1S/C14H12ClFO2/c1-6-12(17)5-10(15)9-2-7-3-13(18)11(16)4-8(7)14(6)9/h3-4,9-10,18H,2,5H2,1H3. The molecule has 2 aliphatic rings. The monoisotopic (exact) mass is 266 g/mol. The number of Topliss-reactive ketones (excluding diaryl/α,β-unsaturated/α-hetero) is 1. The second-order valence-corrected chi connectivity index (χ2v) is 5.51. The molecule has 94 valence electrons. The maximum absolute atomic E-state index is 13.5. The Kier molecular flexibility index (Phi) is 2.49. The van der Waals surface area contributed by atoms with Crippen molar-refractivity contribution < 1.29 is 14.3 Å². The van der Waals surface area contributed by atoms with Crippen molar-refractivity contribution in [2.45, 2.75) is 25.1 Å². The molecule has 2 nitrogen and oxygen atoms in total. The molecule has 0 aromatic heterocycles. The Balaban J connectivity index is 2.23. The van der Waals surface area contributed by atoms with Crippen molar-refractivity contribution in [1.29, 1.82) is 0 Å². The highest BCUT2D eigenvalue weighted by Gasteiger charge is 2.39. The van der Waals surface area contributed by atoms with Gasteiger partial charge < -0.3 is 5.11 Å². The van der Waals surface area contributed by atoms with E-state index in [0.29, 0.717) is 18.4 Å². The van der Waals surface area contributed by atoms with Gasteiger partial charge in [-0.3, -0.25) is 4.79 Å². The second-order valence-electron chi connectivity index (χ2n) is 4.95. The Hall–Kier alpha value is -1.35. The van der Waals surface area contributed by atoms with Crippen LogP contribution in [0.25, 0.3) is 5.57 Å². The van der Waals surface area contributed by atoms with Gasteiger partial charge in [0.2, 0.25) is 0 Å². The number of phenolic OH excluding ortho intramolecular Hbond substituents is 1. The molecule has 0 fully saturated rings. The van der Waals surface area contributed by atoms with Crippen LogP contribution >= 0.6 is 11.6 Å². The number of carbonyl (C=O) groups is 1. The van der Waals surface area contributed by atoms with Crippen molar-refractivity contribution in [2.75, 3.05) is 0 Å². The summed E-state index contributed by atoms with van der Waals surface area (Å²) in [6.45, 7) is 1.77. The van der Waals surface area contributed by atoms with Gasteiger partial charge in [-0.05, 0) is 47.8 Å². The van der Waals surface area contributed by atoms with E-state index < -0.39 is 5.82 Å². The summed E-state index contributed by atoms with van der Waals surface area (Å²) in [7, 11) is 0. The smallest absolute Gasteiger partial charge is 0.165 e. The van der Waals surface area contributed by atoms with E-state index in [1.54, 1.807) is 6.92 Å². The number of halogens is 2. The number of phenols is 1. The average molecular weight is 267 g/mol. The van der Waals surface area contributed by atoms with Gasteiger partial charge in [0, 0.05) is 17.7 Å². The summed E-state index contributed by atoms with van der Waals surface area (Å²) in [6.07, 6.45) is 1.00. The number of allylic oxidation sites excluding steroid dienone is 2. The zero-order valence-corrected chi connectivity index (χ0v) is 10.6. The molecule has 1 aromatic carbocycles. The van der Waals surface area contributed by atoms with E-state index in [1.165, 1.54) is 12.1 Å². The second kappa shape index (κ2) is 3.82. The highest BCUT2D eigenvalue weighted by molar-refractivity contribution is 6.25. The van der Waals surface area contributed by atoms with Crippen LogP contribution in [0.15, 0.2) is 17.7 Å². The largest absolute Gasteiger partial charge is 0.505 e. The lowest BCUT2D eigenvalue weighted by molar-refractivity contribution is -0.115. The fourth-order valence-electron chi connectivity index (χ4n) is 2.97. The van der Waals surface area contributed by atoms with E-state index in [4.69, 9.17) is 11.6 Å². The number of rotatable bonds is 0. The van der Waals surface area contributed by atoms with Gasteiger partial charge in [-0.15, -0.1) is 11.6 Å². The Morgan fingerprint density at radius 3 is 2.83 bits per heavy atom. The number of alkyl halides is 1. The number of hydrogen-bond acceptors (Lipinski definition) is 2. The minimum absolute atomic E-state index is 0.0302. The first-order chi connectivity index (χ1) is 8.49. The molecule has 0 spiro atoms. The van der Waals surface area contributed by atoms with Crippen molar-refractivity contribution in [1.82, 2.24) is 0 Å². The summed E-state index contributed by atoms with van der Waals surface area (Å²) in [5.74, 6) is -0.912. The summed E-state index contributed by atoms with van der Waals surface area (Å²) < 4.78 is 13.5. The molecule has 2 unspecified atom stereocenters. The van der Waals surface area contributed by atoms with Crippen molar-refractivity contribution in [2.24, 2.45) is 5.92 Å². The Morgan fingerprint density at radius 2 is 2.11 bits per heavy atom. The average Bonchev–Trinajstić information content (AvgIpc) is 2.66. The van der Waals surface area contributed by atoms with Crippen LogP contribution in [0, 0.1) is 11.7 Å². The molecule has 0 bridgehead atoms. The van der Waals surface area contributed by atoms with Gasteiger partial charge in [0.05, 0.1) is 0 Å². The molecule has 1 aromatic rings. The van der Waals surface area contributed by atoms with E-state index in [1.807, 2.05) is 0 Å². The molecule has 3 rings (SSSR count). The van der Waals surface area contributed by atoms with Crippen molar-refractivity contribution in [3.8, 4) is 5.75 Å². The molecule has 0 amide bonds. The fraction of sp³-hybridized carbons (Fsp3) is 0.357. The first-order valence-corrected chi connectivity index (χ1v) is 6.32. The van der Waals surface area contributed by atoms with Gasteiger partial charge in [0.15, 0.2) is 17.3 Å². The quantitative estimate of drug-likeness (QED) is 0.733. The molecule has 0 saturated heterocycles. The third-order valence-electron chi connectivity index (χ3n) is 3.91. The Labute approximate surface area is 109 Å². The van der Waals surface area contributed by atoms with Crippen LogP contribution in [0.4, 0.5) is 4.39 Å². The highest BCUT2D eigenvalue weighted by atomic mass is 35.5. The number of carbonyl (C=O) groups excluding carboxylic acids is 1. The van der Waals surface area contributed by atoms with Gasteiger partial charge in [-0.1, -0.05) is 0 Å². The number of ketones is 1. The third kappa shape index (κ3) is 1.50. The van der Waals surface area contributed by atoms with Crippen LogP contribution in [0.2, 0.25) is 0 Å². The summed E-state index contributed by atoms with van der Waals surface area (Å²) in [5.41, 5.74) is 3.14. The number of hydrogen-bond donors (Lipinski definition) is 1. The zero-order valence-electron chi connectivity index (χ0n) is 9.84. The van der Waals surface area contributed by atoms with E-state index in [0.717, 1.165) is 16.7 Å². The summed E-state index contributed by atoms with van der Waals surface area (Å²) in [5, 5.41) is 9.17. The lowest BCUT2D eigenvalue weighted by atomic mass is 9.82. The maximum atomic E-state index is 13.5. The number of benzene rings is 1. The molecule has 0 heterocycles. The molecular weight excluding hydrogens is 255 g/mol. The molecule has 2 atom stereocenters. The maximum Gasteiger partial charge on any atom is 0.165 e. The van der Waals surface area contributed by atoms with E-state index in [-0.39, 0.29) is 22.8 Å². The van der Waals surface area contributed by atoms with Gasteiger partial charge in [-0.25, -0.2) is 4.39 Å². The summed E-state index contributed by atoms with van der Waals surface area (Å²) in [6, 6.07) is 2.75. The SMILES string of the molecule is CC1=C2c3cc(F)c(O)cc3CC2C(Cl)CC1=O. The molecule has 0 aliphatic heterocycles. The third-order valence-corrected chi connectivity index (χ3v) is 4.37. The molecular formula is C14H12ClFO2. The normalized spacial score (nSPS) is 26.3. The first-order valence-electron chi connectivity index (χ1n) is 5.89. The summed E-state index contributed by atoms with van der Waals surface area (Å²) in [4.78, 5) is 11.8. The lowest BCUT2D eigenvalue weighted by Crippen LogP contribution is -2.25. The van der Waals surface area contributed by atoms with Crippen molar-refractivity contribution in [3.63, 3.8) is 0 Å². The minimum atomic E-state index is -0.654. The van der Waals surface area contributed by atoms with Crippen LogP contribution in [0.1, 0.15) is 24.5 Å². The topological polar surface area (TPSA) is 37.3 Å². The van der Waals surface area contributed by atoms with Crippen LogP contribution < -0.4 is 0 Å². The summed E-state index contributed by atoms with van der Waals surface area (Å²) >= 11 is 6.24. The van der Waals surface area contributed by atoms with Gasteiger partial charge in [-0.2, -0.15) is 0 Å². The predicted octanol–water partition coefficient (Wildman–Crippen LogP) is 3.06. The Morgan fingerprint density at radius 1 is 1.39 bits per heavy atom. The fourth-order valence-corrected chi connectivity index (χ4v) is 3.33. The highest BCUT2D eigenvalue weighted by Crippen LogP contribution is 2.47. The molecule has 1 N–H and O–H groups in total. The zero-order chi connectivity index (χ0) is 13.0. The lowest BCUT2D eigenvalue weighted by Gasteiger charge is -2.25. The molecule has 18 heavy (non-hydrogen) atoms.